The highest BCUT2D eigenvalue weighted by atomic mass is 16.3. The first-order valence-corrected chi connectivity index (χ1v) is 22.4. The summed E-state index contributed by atoms with van der Waals surface area (Å²) in [6.45, 7) is 0. The fourth-order valence-electron chi connectivity index (χ4n) is 10.6. The Morgan fingerprint density at radius 1 is 0.200 bits per heavy atom. The van der Waals surface area contributed by atoms with Crippen molar-refractivity contribution in [2.45, 2.75) is 0 Å². The Morgan fingerprint density at radius 3 is 1.05 bits per heavy atom. The normalized spacial score (nSPS) is 11.7. The lowest BCUT2D eigenvalue weighted by atomic mass is 9.84. The quantitative estimate of drug-likeness (QED) is 0.152. The zero-order chi connectivity index (χ0) is 42.8. The molecule has 0 spiro atoms. The Morgan fingerprint density at radius 2 is 0.569 bits per heavy atom. The van der Waals surface area contributed by atoms with Crippen LogP contribution in [-0.4, -0.2) is 0 Å². The zero-order valence-corrected chi connectivity index (χ0v) is 35.5. The molecule has 13 rings (SSSR count). The maximum absolute atomic E-state index is 6.99. The first-order valence-electron chi connectivity index (χ1n) is 22.4. The summed E-state index contributed by atoms with van der Waals surface area (Å²) in [5.41, 5.74) is 16.2. The average Bonchev–Trinajstić information content (AvgIpc) is 3.76. The van der Waals surface area contributed by atoms with Gasteiger partial charge in [0.15, 0.2) is 0 Å². The molecular weight excluding hydrogens is 785 g/mol. The van der Waals surface area contributed by atoms with Crippen molar-refractivity contribution in [2.75, 3.05) is 0 Å². The second-order valence-corrected chi connectivity index (χ2v) is 17.1. The van der Waals surface area contributed by atoms with Crippen molar-refractivity contribution in [1.29, 1.82) is 0 Å². The van der Waals surface area contributed by atoms with E-state index in [9.17, 15) is 0 Å². The summed E-state index contributed by atoms with van der Waals surface area (Å²) < 4.78 is 6.99. The Bertz CT molecular complexity index is 3800. The molecule has 0 aliphatic carbocycles. The lowest BCUT2D eigenvalue weighted by Crippen LogP contribution is -1.92. The van der Waals surface area contributed by atoms with E-state index >= 15 is 0 Å². The van der Waals surface area contributed by atoms with Gasteiger partial charge in [-0.25, -0.2) is 0 Å². The van der Waals surface area contributed by atoms with Crippen LogP contribution in [-0.2, 0) is 0 Å². The minimum absolute atomic E-state index is 0.877. The first-order chi connectivity index (χ1) is 32.3. The summed E-state index contributed by atoms with van der Waals surface area (Å²) in [5.74, 6) is 0. The first kappa shape index (κ1) is 37.1. The predicted molar refractivity (Wildman–Crippen MR) is 276 cm³/mol. The topological polar surface area (TPSA) is 13.1 Å². The van der Waals surface area contributed by atoms with E-state index < -0.39 is 0 Å². The molecule has 1 nitrogen and oxygen atoms in total. The van der Waals surface area contributed by atoms with E-state index in [1.807, 2.05) is 0 Å². The molecule has 0 unspecified atom stereocenters. The van der Waals surface area contributed by atoms with E-state index in [0.717, 1.165) is 33.1 Å². The fraction of sp³-hybridized carbons (Fsp3) is 0. The van der Waals surface area contributed by atoms with Crippen LogP contribution < -0.4 is 0 Å². The summed E-state index contributed by atoms with van der Waals surface area (Å²) in [6, 6.07) is 88.4. The molecule has 0 saturated carbocycles. The van der Waals surface area contributed by atoms with E-state index in [2.05, 4.69) is 243 Å². The highest BCUT2D eigenvalue weighted by molar-refractivity contribution is 6.25. The lowest BCUT2D eigenvalue weighted by molar-refractivity contribution is 0.670. The van der Waals surface area contributed by atoms with Crippen molar-refractivity contribution in [3.05, 3.63) is 243 Å². The summed E-state index contributed by atoms with van der Waals surface area (Å²) in [7, 11) is 0. The predicted octanol–water partition coefficient (Wildman–Crippen LogP) is 18.2. The molecule has 0 amide bonds. The molecule has 13 aromatic rings. The molecule has 12 aromatic carbocycles. The summed E-state index contributed by atoms with van der Waals surface area (Å²) in [4.78, 5) is 0. The third kappa shape index (κ3) is 6.01. The Labute approximate surface area is 377 Å². The van der Waals surface area contributed by atoms with Crippen molar-refractivity contribution < 1.29 is 4.42 Å². The van der Waals surface area contributed by atoms with Crippen LogP contribution in [0.25, 0.3) is 132 Å². The van der Waals surface area contributed by atoms with Gasteiger partial charge in [0, 0.05) is 21.9 Å². The number of hydrogen-bond donors (Lipinski definition) is 0. The zero-order valence-electron chi connectivity index (χ0n) is 35.5. The molecule has 0 saturated heterocycles. The summed E-state index contributed by atoms with van der Waals surface area (Å²) in [6.07, 6.45) is 0. The van der Waals surface area contributed by atoms with Crippen LogP contribution in [0.2, 0.25) is 0 Å². The van der Waals surface area contributed by atoms with Crippen LogP contribution in [0.15, 0.2) is 247 Å². The van der Waals surface area contributed by atoms with Gasteiger partial charge in [0.2, 0.25) is 0 Å². The molecule has 0 aliphatic rings. The second kappa shape index (κ2) is 15.1. The minimum atomic E-state index is 0.877. The van der Waals surface area contributed by atoms with Crippen molar-refractivity contribution in [3.63, 3.8) is 0 Å². The molecule has 0 radical (unpaired) electrons. The van der Waals surface area contributed by atoms with Crippen molar-refractivity contribution in [3.8, 4) is 66.8 Å². The van der Waals surface area contributed by atoms with E-state index in [1.54, 1.807) is 0 Å². The number of furan rings is 1. The van der Waals surface area contributed by atoms with Gasteiger partial charge in [-0.1, -0.05) is 212 Å². The molecule has 302 valence electrons. The van der Waals surface area contributed by atoms with Crippen LogP contribution in [0.5, 0.6) is 0 Å². The molecule has 1 heterocycles. The van der Waals surface area contributed by atoms with Crippen LogP contribution in [0.1, 0.15) is 0 Å². The number of rotatable bonds is 6. The van der Waals surface area contributed by atoms with Crippen molar-refractivity contribution in [1.82, 2.24) is 0 Å². The van der Waals surface area contributed by atoms with Gasteiger partial charge < -0.3 is 4.42 Å². The standard InChI is InChI=1S/C64H40O/c1-4-19-41(20-5-1)45-37-46(42-21-6-2-7-22-42)39-47(38-45)62-50-27-12-10-25-48(50)61(49-26-11-13-28-51(49)62)44-35-36-59-58(40-44)56-33-18-34-57(64(56)65-59)63-54-31-16-14-29-52(54)60(43-23-8-3-9-24-43)53-30-15-17-32-55(53)63/h1-40H. The SMILES string of the molecule is c1ccc(-c2cc(-c3ccccc3)cc(-c3c4ccccc4c(-c4ccc5oc6c(-c7c8ccccc8c(-c8ccccc8)c8ccccc78)cccc6c5c4)c4ccccc34)c2)cc1. The molecule has 0 fully saturated rings. The number of fused-ring (bicyclic) bond motifs is 7. The average molecular weight is 825 g/mol. The Hall–Kier alpha value is -8.52. The van der Waals surface area contributed by atoms with Crippen LogP contribution in [0.3, 0.4) is 0 Å². The van der Waals surface area contributed by atoms with E-state index in [4.69, 9.17) is 4.42 Å². The summed E-state index contributed by atoms with van der Waals surface area (Å²) in [5, 5.41) is 12.0. The molecule has 1 heteroatoms. The monoisotopic (exact) mass is 824 g/mol. The van der Waals surface area contributed by atoms with Crippen LogP contribution in [0.4, 0.5) is 0 Å². The fourth-order valence-corrected chi connectivity index (χ4v) is 10.6. The van der Waals surface area contributed by atoms with Gasteiger partial charge in [-0.05, 0) is 129 Å². The highest BCUT2D eigenvalue weighted by Crippen LogP contribution is 2.49. The van der Waals surface area contributed by atoms with Gasteiger partial charge >= 0.3 is 0 Å². The van der Waals surface area contributed by atoms with Crippen LogP contribution in [0, 0.1) is 0 Å². The molecular formula is C64H40O. The van der Waals surface area contributed by atoms with Gasteiger partial charge in [0.1, 0.15) is 11.2 Å². The van der Waals surface area contributed by atoms with E-state index in [1.165, 1.54) is 98.7 Å². The molecule has 65 heavy (non-hydrogen) atoms. The number of benzene rings is 12. The lowest BCUT2D eigenvalue weighted by Gasteiger charge is -2.19. The van der Waals surface area contributed by atoms with E-state index in [-0.39, 0.29) is 0 Å². The van der Waals surface area contributed by atoms with Crippen molar-refractivity contribution >= 4 is 65.0 Å². The highest BCUT2D eigenvalue weighted by Gasteiger charge is 2.22. The molecule has 0 aliphatic heterocycles. The maximum atomic E-state index is 6.99. The molecule has 0 N–H and O–H groups in total. The van der Waals surface area contributed by atoms with Gasteiger partial charge in [-0.2, -0.15) is 0 Å². The van der Waals surface area contributed by atoms with Gasteiger partial charge in [-0.15, -0.1) is 0 Å². The van der Waals surface area contributed by atoms with E-state index in [0.29, 0.717) is 0 Å². The molecule has 0 atom stereocenters. The van der Waals surface area contributed by atoms with Gasteiger partial charge in [0.25, 0.3) is 0 Å². The summed E-state index contributed by atoms with van der Waals surface area (Å²) >= 11 is 0. The van der Waals surface area contributed by atoms with Crippen molar-refractivity contribution in [2.24, 2.45) is 0 Å². The number of hydrogen-bond acceptors (Lipinski definition) is 1. The molecule has 1 aromatic heterocycles. The Kier molecular flexibility index (Phi) is 8.60. The largest absolute Gasteiger partial charge is 0.455 e. The minimum Gasteiger partial charge on any atom is -0.455 e. The maximum Gasteiger partial charge on any atom is 0.143 e. The smallest absolute Gasteiger partial charge is 0.143 e. The second-order valence-electron chi connectivity index (χ2n) is 17.1. The van der Waals surface area contributed by atoms with Gasteiger partial charge in [0.05, 0.1) is 0 Å². The third-order valence-electron chi connectivity index (χ3n) is 13.4. The van der Waals surface area contributed by atoms with Gasteiger partial charge in [-0.3, -0.25) is 0 Å². The molecule has 0 bridgehead atoms. The number of para-hydroxylation sites is 1. The third-order valence-corrected chi connectivity index (χ3v) is 13.4. The van der Waals surface area contributed by atoms with Crippen LogP contribution >= 0.6 is 0 Å². The Balaban J connectivity index is 1.03.